The lowest BCUT2D eigenvalue weighted by atomic mass is 9.79. The Balaban J connectivity index is 1.86. The van der Waals surface area contributed by atoms with Gasteiger partial charge in [-0.05, 0) is 33.3 Å². The topological polar surface area (TPSA) is 49.9 Å². The Morgan fingerprint density at radius 2 is 1.79 bits per heavy atom. The van der Waals surface area contributed by atoms with Crippen molar-refractivity contribution >= 4 is 12.0 Å². The van der Waals surface area contributed by atoms with Gasteiger partial charge in [0.2, 0.25) is 5.91 Å². The number of ether oxygens (including phenoxy) is 1. The molecule has 0 aliphatic carbocycles. The van der Waals surface area contributed by atoms with Gasteiger partial charge in [0.25, 0.3) is 0 Å². The van der Waals surface area contributed by atoms with Crippen LogP contribution in [0.1, 0.15) is 27.2 Å². The van der Waals surface area contributed by atoms with Crippen molar-refractivity contribution in [3.8, 4) is 0 Å². The molecule has 2 amide bonds. The van der Waals surface area contributed by atoms with Crippen molar-refractivity contribution in [2.24, 2.45) is 5.41 Å². The minimum Gasteiger partial charge on any atom is -0.444 e. The van der Waals surface area contributed by atoms with Crippen molar-refractivity contribution in [2.45, 2.75) is 32.8 Å². The summed E-state index contributed by atoms with van der Waals surface area (Å²) in [7, 11) is 0. The number of carbonyl (C=O) groups excluding carboxylic acids is 2. The molecule has 0 aromatic rings. The average molecular weight is 266 g/mol. The Hall–Kier alpha value is -1.52. The first-order valence-electron chi connectivity index (χ1n) is 6.64. The maximum Gasteiger partial charge on any atom is 0.410 e. The molecule has 0 radical (unpaired) electrons. The molecule has 0 aromatic heterocycles. The van der Waals surface area contributed by atoms with Gasteiger partial charge in [0, 0.05) is 31.6 Å². The highest BCUT2D eigenvalue weighted by molar-refractivity contribution is 5.87. The molecule has 2 aliphatic rings. The first-order chi connectivity index (χ1) is 8.75. The fraction of sp³-hybridized carbons (Fsp3) is 0.714. The van der Waals surface area contributed by atoms with Crippen molar-refractivity contribution < 1.29 is 14.3 Å². The van der Waals surface area contributed by atoms with E-state index < -0.39 is 5.60 Å². The van der Waals surface area contributed by atoms with E-state index in [9.17, 15) is 9.59 Å². The van der Waals surface area contributed by atoms with Crippen molar-refractivity contribution in [3.05, 3.63) is 12.7 Å². The summed E-state index contributed by atoms with van der Waals surface area (Å²) in [6.45, 7) is 11.9. The maximum absolute atomic E-state index is 12.0. The zero-order chi connectivity index (χ0) is 14.3. The van der Waals surface area contributed by atoms with Crippen LogP contribution in [0.4, 0.5) is 4.79 Å². The molecule has 106 valence electrons. The smallest absolute Gasteiger partial charge is 0.410 e. The molecule has 5 nitrogen and oxygen atoms in total. The highest BCUT2D eigenvalue weighted by atomic mass is 16.6. The molecule has 2 aliphatic heterocycles. The van der Waals surface area contributed by atoms with Crippen LogP contribution >= 0.6 is 0 Å². The van der Waals surface area contributed by atoms with Crippen molar-refractivity contribution in [2.75, 3.05) is 26.2 Å². The molecule has 5 heteroatoms. The fourth-order valence-electron chi connectivity index (χ4n) is 2.72. The van der Waals surface area contributed by atoms with Gasteiger partial charge in [0.05, 0.1) is 0 Å². The Bertz CT molecular complexity index is 405. The quantitative estimate of drug-likeness (QED) is 0.678. The molecule has 0 unspecified atom stereocenters. The Morgan fingerprint density at radius 1 is 1.21 bits per heavy atom. The summed E-state index contributed by atoms with van der Waals surface area (Å²) >= 11 is 0. The fourth-order valence-corrected chi connectivity index (χ4v) is 2.72. The summed E-state index contributed by atoms with van der Waals surface area (Å²) in [5.74, 6) is -0.0265. The molecule has 2 fully saturated rings. The van der Waals surface area contributed by atoms with E-state index >= 15 is 0 Å². The minimum absolute atomic E-state index is 0.0265. The van der Waals surface area contributed by atoms with Crippen LogP contribution in [0, 0.1) is 5.41 Å². The normalized spacial score (nSPS) is 21.2. The summed E-state index contributed by atoms with van der Waals surface area (Å²) < 4.78 is 5.37. The van der Waals surface area contributed by atoms with Gasteiger partial charge in [-0.2, -0.15) is 0 Å². The number of carbonyl (C=O) groups is 2. The second-order valence-corrected chi connectivity index (χ2v) is 6.55. The standard InChI is InChI=1S/C14H22N2O3/c1-5-11(17)16-9-14(10-16)6-7-15(8-14)12(18)19-13(2,3)4/h5H,1,6-10H2,2-4H3. The number of nitrogens with zero attached hydrogens (tertiary/aromatic N) is 2. The van der Waals surface area contributed by atoms with Crippen LogP contribution in [0.2, 0.25) is 0 Å². The van der Waals surface area contributed by atoms with Gasteiger partial charge >= 0.3 is 6.09 Å². The van der Waals surface area contributed by atoms with Crippen molar-refractivity contribution in [1.82, 2.24) is 9.80 Å². The van der Waals surface area contributed by atoms with E-state index in [1.54, 1.807) is 9.80 Å². The van der Waals surface area contributed by atoms with E-state index in [4.69, 9.17) is 4.74 Å². The van der Waals surface area contributed by atoms with Crippen molar-refractivity contribution in [3.63, 3.8) is 0 Å². The van der Waals surface area contributed by atoms with Crippen LogP contribution in [0.15, 0.2) is 12.7 Å². The average Bonchev–Trinajstić information content (AvgIpc) is 2.68. The molecule has 0 bridgehead atoms. The number of hydrogen-bond donors (Lipinski definition) is 0. The van der Waals surface area contributed by atoms with Gasteiger partial charge in [-0.15, -0.1) is 0 Å². The molecule has 0 saturated carbocycles. The summed E-state index contributed by atoms with van der Waals surface area (Å²) in [5.41, 5.74) is -0.382. The number of amides is 2. The molecule has 2 saturated heterocycles. The summed E-state index contributed by atoms with van der Waals surface area (Å²) in [4.78, 5) is 26.9. The van der Waals surface area contributed by atoms with Gasteiger partial charge in [-0.3, -0.25) is 4.79 Å². The Kier molecular flexibility index (Phi) is 3.32. The molecule has 0 N–H and O–H groups in total. The first-order valence-corrected chi connectivity index (χ1v) is 6.64. The van der Waals surface area contributed by atoms with Crippen molar-refractivity contribution in [1.29, 1.82) is 0 Å². The molecule has 1 spiro atoms. The molecule has 2 heterocycles. The van der Waals surface area contributed by atoms with Gasteiger partial charge in [0.1, 0.15) is 5.60 Å². The zero-order valence-electron chi connectivity index (χ0n) is 11.9. The number of hydrogen-bond acceptors (Lipinski definition) is 3. The molecule has 0 atom stereocenters. The molecule has 2 rings (SSSR count). The van der Waals surface area contributed by atoms with E-state index in [1.807, 2.05) is 20.8 Å². The largest absolute Gasteiger partial charge is 0.444 e. The first kappa shape index (κ1) is 13.9. The zero-order valence-corrected chi connectivity index (χ0v) is 11.9. The summed E-state index contributed by atoms with van der Waals surface area (Å²) in [6, 6.07) is 0. The van der Waals surface area contributed by atoms with Gasteiger partial charge in [-0.25, -0.2) is 4.79 Å². The molecule has 19 heavy (non-hydrogen) atoms. The Labute approximate surface area is 114 Å². The predicted octanol–water partition coefficient (Wildman–Crippen LogP) is 1.64. The third-order valence-corrected chi connectivity index (χ3v) is 3.63. The third kappa shape index (κ3) is 2.91. The van der Waals surface area contributed by atoms with Crippen LogP contribution in [0.5, 0.6) is 0 Å². The van der Waals surface area contributed by atoms with E-state index in [2.05, 4.69) is 6.58 Å². The van der Waals surface area contributed by atoms with Gasteiger partial charge in [0.15, 0.2) is 0 Å². The lowest BCUT2D eigenvalue weighted by molar-refractivity contribution is -0.137. The molecule has 0 aromatic carbocycles. The van der Waals surface area contributed by atoms with E-state index in [-0.39, 0.29) is 17.4 Å². The van der Waals surface area contributed by atoms with Crippen LogP contribution in [-0.2, 0) is 9.53 Å². The highest BCUT2D eigenvalue weighted by Gasteiger charge is 2.50. The van der Waals surface area contributed by atoms with Crippen LogP contribution in [-0.4, -0.2) is 53.6 Å². The lowest BCUT2D eigenvalue weighted by Gasteiger charge is -2.47. The number of likely N-dealkylation sites (tertiary alicyclic amines) is 2. The monoisotopic (exact) mass is 266 g/mol. The van der Waals surface area contributed by atoms with Crippen LogP contribution < -0.4 is 0 Å². The SMILES string of the molecule is C=CC(=O)N1CC2(CCN(C(=O)OC(C)(C)C)C2)C1. The third-order valence-electron chi connectivity index (χ3n) is 3.63. The lowest BCUT2D eigenvalue weighted by Crippen LogP contribution is -2.59. The predicted molar refractivity (Wildman–Crippen MR) is 71.6 cm³/mol. The van der Waals surface area contributed by atoms with Gasteiger partial charge < -0.3 is 14.5 Å². The van der Waals surface area contributed by atoms with Gasteiger partial charge in [-0.1, -0.05) is 6.58 Å². The molecular formula is C14H22N2O3. The Morgan fingerprint density at radius 3 is 2.32 bits per heavy atom. The van der Waals surface area contributed by atoms with E-state index in [0.29, 0.717) is 13.1 Å². The highest BCUT2D eigenvalue weighted by Crippen LogP contribution is 2.39. The second-order valence-electron chi connectivity index (χ2n) is 6.55. The van der Waals surface area contributed by atoms with Crippen LogP contribution in [0.3, 0.4) is 0 Å². The molecular weight excluding hydrogens is 244 g/mol. The minimum atomic E-state index is -0.461. The van der Waals surface area contributed by atoms with Crippen LogP contribution in [0.25, 0.3) is 0 Å². The summed E-state index contributed by atoms with van der Waals surface area (Å²) in [5, 5.41) is 0. The maximum atomic E-state index is 12.0. The van der Waals surface area contributed by atoms with E-state index in [0.717, 1.165) is 19.5 Å². The number of rotatable bonds is 1. The summed E-state index contributed by atoms with van der Waals surface area (Å²) in [6.07, 6.45) is 2.03. The second kappa shape index (κ2) is 4.54. The van der Waals surface area contributed by atoms with E-state index in [1.165, 1.54) is 6.08 Å².